The van der Waals surface area contributed by atoms with E-state index in [0.29, 0.717) is 12.1 Å². The molecule has 1 heterocycles. The first-order valence-electron chi connectivity index (χ1n) is 6.63. The molecule has 2 unspecified atom stereocenters. The summed E-state index contributed by atoms with van der Waals surface area (Å²) in [4.78, 5) is 4.92. The van der Waals surface area contributed by atoms with E-state index in [1.165, 1.54) is 32.5 Å². The first-order chi connectivity index (χ1) is 7.49. The lowest BCUT2D eigenvalue weighted by molar-refractivity contribution is 0.120. The van der Waals surface area contributed by atoms with Crippen molar-refractivity contribution in [2.24, 2.45) is 11.7 Å². The third kappa shape index (κ3) is 4.81. The molecule has 0 spiro atoms. The van der Waals surface area contributed by atoms with Gasteiger partial charge in [-0.3, -0.25) is 0 Å². The first kappa shape index (κ1) is 13.9. The molecule has 2 atom stereocenters. The summed E-state index contributed by atoms with van der Waals surface area (Å²) in [6.07, 6.45) is 3.82. The molecular formula is C13H29N3. The highest BCUT2D eigenvalue weighted by Gasteiger charge is 2.23. The van der Waals surface area contributed by atoms with E-state index < -0.39 is 0 Å². The van der Waals surface area contributed by atoms with Gasteiger partial charge in [0.25, 0.3) is 0 Å². The molecule has 0 saturated carbocycles. The van der Waals surface area contributed by atoms with Gasteiger partial charge in [0.15, 0.2) is 0 Å². The molecule has 3 nitrogen and oxygen atoms in total. The predicted octanol–water partition coefficient (Wildman–Crippen LogP) is 1.39. The van der Waals surface area contributed by atoms with Crippen molar-refractivity contribution in [1.82, 2.24) is 9.80 Å². The van der Waals surface area contributed by atoms with Crippen LogP contribution in [-0.2, 0) is 0 Å². The van der Waals surface area contributed by atoms with Gasteiger partial charge in [0.05, 0.1) is 0 Å². The Kier molecular flexibility index (Phi) is 5.73. The fourth-order valence-corrected chi connectivity index (χ4v) is 2.78. The Morgan fingerprint density at radius 3 is 2.25 bits per heavy atom. The zero-order valence-electron chi connectivity index (χ0n) is 11.4. The topological polar surface area (TPSA) is 32.5 Å². The minimum absolute atomic E-state index is 0.328. The van der Waals surface area contributed by atoms with Crippen LogP contribution in [0.2, 0.25) is 0 Å². The highest BCUT2D eigenvalue weighted by molar-refractivity contribution is 4.78. The second-order valence-corrected chi connectivity index (χ2v) is 5.80. The fourth-order valence-electron chi connectivity index (χ4n) is 2.78. The maximum atomic E-state index is 5.86. The summed E-state index contributed by atoms with van der Waals surface area (Å²) in [7, 11) is 4.34. The number of hydrogen-bond acceptors (Lipinski definition) is 3. The lowest BCUT2D eigenvalue weighted by Gasteiger charge is -2.37. The third-order valence-electron chi connectivity index (χ3n) is 3.61. The van der Waals surface area contributed by atoms with Crippen LogP contribution in [0.15, 0.2) is 0 Å². The van der Waals surface area contributed by atoms with Crippen LogP contribution in [0.1, 0.15) is 33.1 Å². The van der Waals surface area contributed by atoms with E-state index in [2.05, 4.69) is 37.7 Å². The Morgan fingerprint density at radius 2 is 1.81 bits per heavy atom. The molecule has 3 heteroatoms. The molecule has 0 radical (unpaired) electrons. The SMILES string of the molecule is CC(N)CC(C)N1CCC(CN(C)C)CC1. The van der Waals surface area contributed by atoms with Crippen molar-refractivity contribution in [2.45, 2.75) is 45.2 Å². The van der Waals surface area contributed by atoms with Gasteiger partial charge in [0, 0.05) is 18.6 Å². The van der Waals surface area contributed by atoms with Crippen molar-refractivity contribution in [3.05, 3.63) is 0 Å². The lowest BCUT2D eigenvalue weighted by Crippen LogP contribution is -2.43. The monoisotopic (exact) mass is 227 g/mol. The normalized spacial score (nSPS) is 23.6. The summed E-state index contributed by atoms with van der Waals surface area (Å²) in [5.74, 6) is 0.897. The minimum Gasteiger partial charge on any atom is -0.328 e. The molecular weight excluding hydrogens is 198 g/mol. The standard InChI is InChI=1S/C13H29N3/c1-11(14)9-12(2)16-7-5-13(6-8-16)10-15(3)4/h11-13H,5-10,14H2,1-4H3. The molecule has 96 valence electrons. The van der Waals surface area contributed by atoms with E-state index in [0.717, 1.165) is 12.3 Å². The minimum atomic E-state index is 0.328. The summed E-state index contributed by atoms with van der Waals surface area (Å²) in [6, 6.07) is 0.981. The van der Waals surface area contributed by atoms with E-state index >= 15 is 0 Å². The maximum absolute atomic E-state index is 5.86. The number of nitrogens with zero attached hydrogens (tertiary/aromatic N) is 2. The van der Waals surface area contributed by atoms with Crippen molar-refractivity contribution in [3.63, 3.8) is 0 Å². The number of piperidine rings is 1. The molecule has 16 heavy (non-hydrogen) atoms. The fraction of sp³-hybridized carbons (Fsp3) is 1.00. The quantitative estimate of drug-likeness (QED) is 0.770. The van der Waals surface area contributed by atoms with E-state index in [4.69, 9.17) is 5.73 Å². The van der Waals surface area contributed by atoms with Gasteiger partial charge >= 0.3 is 0 Å². The molecule has 1 aliphatic heterocycles. The highest BCUT2D eigenvalue weighted by Crippen LogP contribution is 2.20. The molecule has 0 aromatic heterocycles. The molecule has 0 aliphatic carbocycles. The summed E-state index contributed by atoms with van der Waals surface area (Å²) in [5.41, 5.74) is 5.86. The van der Waals surface area contributed by atoms with E-state index in [1.807, 2.05) is 0 Å². The van der Waals surface area contributed by atoms with Crippen molar-refractivity contribution < 1.29 is 0 Å². The number of likely N-dealkylation sites (tertiary alicyclic amines) is 1. The number of hydrogen-bond donors (Lipinski definition) is 1. The highest BCUT2D eigenvalue weighted by atomic mass is 15.2. The summed E-state index contributed by atoms with van der Waals surface area (Å²) in [5, 5.41) is 0. The number of nitrogens with two attached hydrogens (primary N) is 1. The summed E-state index contributed by atoms with van der Waals surface area (Å²) < 4.78 is 0. The average molecular weight is 227 g/mol. The van der Waals surface area contributed by atoms with Gasteiger partial charge in [-0.15, -0.1) is 0 Å². The Labute approximate surface area is 101 Å². The van der Waals surface area contributed by atoms with Crippen LogP contribution in [0.5, 0.6) is 0 Å². The molecule has 0 aromatic carbocycles. The van der Waals surface area contributed by atoms with Crippen molar-refractivity contribution >= 4 is 0 Å². The Bertz CT molecular complexity index is 184. The Balaban J connectivity index is 2.25. The predicted molar refractivity (Wildman–Crippen MR) is 70.6 cm³/mol. The van der Waals surface area contributed by atoms with Crippen molar-refractivity contribution in [2.75, 3.05) is 33.7 Å². The molecule has 2 N–H and O–H groups in total. The Morgan fingerprint density at radius 1 is 1.25 bits per heavy atom. The van der Waals surface area contributed by atoms with E-state index in [-0.39, 0.29) is 0 Å². The second-order valence-electron chi connectivity index (χ2n) is 5.80. The van der Waals surface area contributed by atoms with Crippen molar-refractivity contribution in [3.8, 4) is 0 Å². The molecule has 1 aliphatic rings. The summed E-state index contributed by atoms with van der Waals surface area (Å²) >= 11 is 0. The molecule has 1 rings (SSSR count). The molecule has 0 amide bonds. The van der Waals surface area contributed by atoms with Gasteiger partial charge in [-0.1, -0.05) is 0 Å². The summed E-state index contributed by atoms with van der Waals surface area (Å²) in [6.45, 7) is 8.18. The molecule has 0 aromatic rings. The zero-order valence-corrected chi connectivity index (χ0v) is 11.4. The van der Waals surface area contributed by atoms with Crippen LogP contribution < -0.4 is 5.73 Å². The van der Waals surface area contributed by atoms with E-state index in [9.17, 15) is 0 Å². The number of rotatable bonds is 5. The van der Waals surface area contributed by atoms with Gasteiger partial charge in [-0.05, 0) is 66.2 Å². The van der Waals surface area contributed by atoms with Crippen LogP contribution >= 0.6 is 0 Å². The van der Waals surface area contributed by atoms with Gasteiger partial charge in [-0.25, -0.2) is 0 Å². The van der Waals surface area contributed by atoms with Crippen molar-refractivity contribution in [1.29, 1.82) is 0 Å². The van der Waals surface area contributed by atoms with Crippen LogP contribution in [0, 0.1) is 5.92 Å². The maximum Gasteiger partial charge on any atom is 0.00815 e. The Hall–Kier alpha value is -0.120. The third-order valence-corrected chi connectivity index (χ3v) is 3.61. The molecule has 1 saturated heterocycles. The van der Waals surface area contributed by atoms with Gasteiger partial charge in [0.2, 0.25) is 0 Å². The average Bonchev–Trinajstić information content (AvgIpc) is 2.16. The van der Waals surface area contributed by atoms with Gasteiger partial charge < -0.3 is 15.5 Å². The first-order valence-corrected chi connectivity index (χ1v) is 6.63. The van der Waals surface area contributed by atoms with E-state index in [1.54, 1.807) is 0 Å². The van der Waals surface area contributed by atoms with Gasteiger partial charge in [-0.2, -0.15) is 0 Å². The lowest BCUT2D eigenvalue weighted by atomic mass is 9.94. The molecule has 0 bridgehead atoms. The van der Waals surface area contributed by atoms with Crippen LogP contribution in [0.25, 0.3) is 0 Å². The largest absolute Gasteiger partial charge is 0.328 e. The second kappa shape index (κ2) is 6.58. The zero-order chi connectivity index (χ0) is 12.1. The molecule has 1 fully saturated rings. The smallest absolute Gasteiger partial charge is 0.00815 e. The van der Waals surface area contributed by atoms with Crippen LogP contribution in [-0.4, -0.2) is 55.6 Å². The van der Waals surface area contributed by atoms with Gasteiger partial charge in [0.1, 0.15) is 0 Å². The van der Waals surface area contributed by atoms with Crippen LogP contribution in [0.4, 0.5) is 0 Å². The van der Waals surface area contributed by atoms with Crippen LogP contribution in [0.3, 0.4) is 0 Å².